The zero-order valence-electron chi connectivity index (χ0n) is 9.03. The molecule has 0 aromatic rings. The number of carboxylic acids is 1. The third-order valence-corrected chi connectivity index (χ3v) is 1.93. The molecule has 0 heterocycles. The highest BCUT2D eigenvalue weighted by Gasteiger charge is 2.03. The molecular formula is C10H19NO4. The summed E-state index contributed by atoms with van der Waals surface area (Å²) < 4.78 is 0. The molecule has 1 unspecified atom stereocenters. The average Bonchev–Trinajstić information content (AvgIpc) is 2.11. The molecule has 0 saturated heterocycles. The van der Waals surface area contributed by atoms with Crippen molar-refractivity contribution in [1.82, 2.24) is 5.32 Å². The molecule has 1 atom stereocenters. The Bertz CT molecular complexity index is 204. The fraction of sp³-hybridized carbons (Fsp3) is 0.800. The van der Waals surface area contributed by atoms with Gasteiger partial charge in [0.05, 0.1) is 6.10 Å². The second-order valence-corrected chi connectivity index (χ2v) is 3.59. The summed E-state index contributed by atoms with van der Waals surface area (Å²) in [6.45, 7) is 2.13. The van der Waals surface area contributed by atoms with E-state index >= 15 is 0 Å². The molecule has 15 heavy (non-hydrogen) atoms. The van der Waals surface area contributed by atoms with Crippen LogP contribution in [0.15, 0.2) is 0 Å². The SMILES string of the molecule is CC(O)CCNC(=O)CCCCC(=O)O. The van der Waals surface area contributed by atoms with Gasteiger partial charge in [-0.2, -0.15) is 0 Å². The Morgan fingerprint density at radius 2 is 1.87 bits per heavy atom. The third kappa shape index (κ3) is 10.8. The molecule has 0 bridgehead atoms. The van der Waals surface area contributed by atoms with Gasteiger partial charge in [0.2, 0.25) is 5.91 Å². The van der Waals surface area contributed by atoms with E-state index < -0.39 is 12.1 Å². The summed E-state index contributed by atoms with van der Waals surface area (Å²) in [6, 6.07) is 0. The molecule has 0 aliphatic heterocycles. The van der Waals surface area contributed by atoms with Crippen LogP contribution in [0.3, 0.4) is 0 Å². The van der Waals surface area contributed by atoms with Crippen LogP contribution in [-0.4, -0.2) is 34.7 Å². The summed E-state index contributed by atoms with van der Waals surface area (Å²) in [5.74, 6) is -0.912. The minimum Gasteiger partial charge on any atom is -0.481 e. The quantitative estimate of drug-likeness (QED) is 0.517. The van der Waals surface area contributed by atoms with E-state index in [9.17, 15) is 9.59 Å². The van der Waals surface area contributed by atoms with Crippen LogP contribution in [0.2, 0.25) is 0 Å². The molecule has 1 amide bonds. The van der Waals surface area contributed by atoms with Crippen LogP contribution >= 0.6 is 0 Å². The van der Waals surface area contributed by atoms with Crippen LogP contribution in [-0.2, 0) is 9.59 Å². The van der Waals surface area contributed by atoms with Crippen molar-refractivity contribution < 1.29 is 19.8 Å². The first-order valence-corrected chi connectivity index (χ1v) is 5.19. The lowest BCUT2D eigenvalue weighted by atomic mass is 10.2. The van der Waals surface area contributed by atoms with Gasteiger partial charge < -0.3 is 15.5 Å². The van der Waals surface area contributed by atoms with Crippen LogP contribution in [0.1, 0.15) is 39.0 Å². The molecule has 0 aromatic carbocycles. The van der Waals surface area contributed by atoms with Gasteiger partial charge in [-0.25, -0.2) is 0 Å². The Balaban J connectivity index is 3.30. The summed E-state index contributed by atoms with van der Waals surface area (Å²) >= 11 is 0. The van der Waals surface area contributed by atoms with Crippen LogP contribution in [0.5, 0.6) is 0 Å². The molecular weight excluding hydrogens is 198 g/mol. The van der Waals surface area contributed by atoms with Gasteiger partial charge >= 0.3 is 5.97 Å². The van der Waals surface area contributed by atoms with Crippen LogP contribution in [0.4, 0.5) is 0 Å². The maximum absolute atomic E-state index is 11.1. The second-order valence-electron chi connectivity index (χ2n) is 3.59. The molecule has 0 aliphatic carbocycles. The summed E-state index contributed by atoms with van der Waals surface area (Å²) in [4.78, 5) is 21.3. The van der Waals surface area contributed by atoms with Gasteiger partial charge in [-0.1, -0.05) is 0 Å². The molecule has 0 spiro atoms. The lowest BCUT2D eigenvalue weighted by Gasteiger charge is -2.06. The number of carboxylic acid groups (broad SMARTS) is 1. The Morgan fingerprint density at radius 3 is 2.40 bits per heavy atom. The number of rotatable bonds is 8. The van der Waals surface area contributed by atoms with Crippen molar-refractivity contribution in [3.8, 4) is 0 Å². The van der Waals surface area contributed by atoms with E-state index in [2.05, 4.69) is 5.32 Å². The predicted molar refractivity (Wildman–Crippen MR) is 55.4 cm³/mol. The van der Waals surface area contributed by atoms with Gasteiger partial charge in [0.25, 0.3) is 0 Å². The Morgan fingerprint density at radius 1 is 1.27 bits per heavy atom. The van der Waals surface area contributed by atoms with E-state index in [-0.39, 0.29) is 12.3 Å². The maximum atomic E-state index is 11.1. The maximum Gasteiger partial charge on any atom is 0.303 e. The number of aliphatic hydroxyl groups is 1. The summed E-state index contributed by atoms with van der Waals surface area (Å²) in [6.07, 6.45) is 1.72. The average molecular weight is 217 g/mol. The molecule has 3 N–H and O–H groups in total. The number of unbranched alkanes of at least 4 members (excludes halogenated alkanes) is 1. The van der Waals surface area contributed by atoms with Crippen molar-refractivity contribution in [2.75, 3.05) is 6.54 Å². The van der Waals surface area contributed by atoms with E-state index in [1.165, 1.54) is 0 Å². The second kappa shape index (κ2) is 8.23. The summed E-state index contributed by atoms with van der Waals surface area (Å²) in [7, 11) is 0. The Hall–Kier alpha value is -1.10. The number of carbonyl (C=O) groups excluding carboxylic acids is 1. The first-order valence-electron chi connectivity index (χ1n) is 5.19. The minimum absolute atomic E-state index is 0.0824. The Labute approximate surface area is 89.5 Å². The zero-order valence-corrected chi connectivity index (χ0v) is 9.03. The third-order valence-electron chi connectivity index (χ3n) is 1.93. The minimum atomic E-state index is -0.829. The van der Waals surface area contributed by atoms with Crippen molar-refractivity contribution in [2.24, 2.45) is 0 Å². The first-order chi connectivity index (χ1) is 7.02. The normalized spacial score (nSPS) is 12.1. The first kappa shape index (κ1) is 13.9. The number of hydrogen-bond donors (Lipinski definition) is 3. The van der Waals surface area contributed by atoms with Crippen molar-refractivity contribution in [1.29, 1.82) is 0 Å². The van der Waals surface area contributed by atoms with Gasteiger partial charge in [-0.3, -0.25) is 9.59 Å². The van der Waals surface area contributed by atoms with E-state index in [1.807, 2.05) is 0 Å². The number of carbonyl (C=O) groups is 2. The molecule has 5 heteroatoms. The fourth-order valence-corrected chi connectivity index (χ4v) is 1.07. The predicted octanol–water partition coefficient (Wildman–Crippen LogP) is 0.518. The Kier molecular flexibility index (Phi) is 7.62. The van der Waals surface area contributed by atoms with Crippen molar-refractivity contribution >= 4 is 11.9 Å². The molecule has 0 rings (SSSR count). The van der Waals surface area contributed by atoms with Gasteiger partial charge in [0.1, 0.15) is 0 Å². The standard InChI is InChI=1S/C10H19NO4/c1-8(12)6-7-11-9(13)4-2-3-5-10(14)15/h8,12H,2-7H2,1H3,(H,11,13)(H,14,15). The van der Waals surface area contributed by atoms with Crippen LogP contribution < -0.4 is 5.32 Å². The van der Waals surface area contributed by atoms with Crippen LogP contribution in [0, 0.1) is 0 Å². The number of hydrogen-bond acceptors (Lipinski definition) is 3. The van der Waals surface area contributed by atoms with Crippen molar-refractivity contribution in [3.05, 3.63) is 0 Å². The number of amides is 1. The molecule has 88 valence electrons. The number of nitrogens with one attached hydrogen (secondary N) is 1. The summed E-state index contributed by atoms with van der Waals surface area (Å²) in [5.41, 5.74) is 0. The zero-order chi connectivity index (χ0) is 11.7. The van der Waals surface area contributed by atoms with E-state index in [4.69, 9.17) is 10.2 Å². The van der Waals surface area contributed by atoms with E-state index in [1.54, 1.807) is 6.92 Å². The van der Waals surface area contributed by atoms with E-state index in [0.717, 1.165) is 0 Å². The summed E-state index contributed by atoms with van der Waals surface area (Å²) in [5, 5.41) is 19.9. The lowest BCUT2D eigenvalue weighted by molar-refractivity contribution is -0.137. The largest absolute Gasteiger partial charge is 0.481 e. The molecule has 0 aliphatic rings. The molecule has 0 radical (unpaired) electrons. The van der Waals surface area contributed by atoms with Gasteiger partial charge in [-0.15, -0.1) is 0 Å². The van der Waals surface area contributed by atoms with Crippen molar-refractivity contribution in [2.45, 2.75) is 45.1 Å². The molecule has 5 nitrogen and oxygen atoms in total. The van der Waals surface area contributed by atoms with E-state index in [0.29, 0.717) is 32.2 Å². The van der Waals surface area contributed by atoms with Crippen LogP contribution in [0.25, 0.3) is 0 Å². The number of aliphatic hydroxyl groups excluding tert-OH is 1. The highest BCUT2D eigenvalue weighted by molar-refractivity contribution is 5.75. The monoisotopic (exact) mass is 217 g/mol. The van der Waals surface area contributed by atoms with Gasteiger partial charge in [-0.05, 0) is 26.2 Å². The topological polar surface area (TPSA) is 86.6 Å². The lowest BCUT2D eigenvalue weighted by Crippen LogP contribution is -2.26. The molecule has 0 saturated carbocycles. The molecule has 0 aromatic heterocycles. The van der Waals surface area contributed by atoms with Gasteiger partial charge in [0.15, 0.2) is 0 Å². The highest BCUT2D eigenvalue weighted by atomic mass is 16.4. The highest BCUT2D eigenvalue weighted by Crippen LogP contribution is 1.99. The van der Waals surface area contributed by atoms with Gasteiger partial charge in [0, 0.05) is 19.4 Å². The molecule has 0 fully saturated rings. The smallest absolute Gasteiger partial charge is 0.303 e. The number of aliphatic carboxylic acids is 1. The van der Waals surface area contributed by atoms with Crippen molar-refractivity contribution in [3.63, 3.8) is 0 Å². The fourth-order valence-electron chi connectivity index (χ4n) is 1.07.